The van der Waals surface area contributed by atoms with Crippen molar-refractivity contribution in [3.63, 3.8) is 0 Å². The van der Waals surface area contributed by atoms with Gasteiger partial charge in [-0.1, -0.05) is 6.07 Å². The van der Waals surface area contributed by atoms with Crippen molar-refractivity contribution in [2.45, 2.75) is 26.6 Å². The Morgan fingerprint density at radius 2 is 1.92 bits per heavy atom. The Bertz CT molecular complexity index is 1490. The third-order valence-electron chi connectivity index (χ3n) is 5.48. The highest BCUT2D eigenvalue weighted by Gasteiger charge is 2.34. The van der Waals surface area contributed by atoms with E-state index in [9.17, 15) is 22.4 Å². The molecule has 0 radical (unpaired) electrons. The second kappa shape index (κ2) is 9.58. The van der Waals surface area contributed by atoms with Crippen molar-refractivity contribution in [1.82, 2.24) is 25.1 Å². The van der Waals surface area contributed by atoms with Crippen LogP contribution in [-0.2, 0) is 12.7 Å². The molecular weight excluding hydrogens is 476 g/mol. The van der Waals surface area contributed by atoms with Gasteiger partial charge in [0, 0.05) is 29.2 Å². The van der Waals surface area contributed by atoms with Crippen LogP contribution in [0.4, 0.5) is 17.6 Å². The van der Waals surface area contributed by atoms with Gasteiger partial charge in [-0.05, 0) is 50.2 Å². The van der Waals surface area contributed by atoms with E-state index in [0.717, 1.165) is 12.1 Å². The molecule has 1 aromatic carbocycles. The molecule has 0 unspecified atom stereocenters. The summed E-state index contributed by atoms with van der Waals surface area (Å²) >= 11 is 0. The van der Waals surface area contributed by atoms with Gasteiger partial charge < -0.3 is 5.32 Å². The number of benzene rings is 1. The van der Waals surface area contributed by atoms with E-state index in [1.54, 1.807) is 32.0 Å². The van der Waals surface area contributed by atoms with E-state index < -0.39 is 29.0 Å². The first kappa shape index (κ1) is 24.5. The number of rotatable bonds is 5. The van der Waals surface area contributed by atoms with Crippen molar-refractivity contribution in [3.8, 4) is 22.9 Å². The van der Waals surface area contributed by atoms with Crippen molar-refractivity contribution in [2.24, 2.45) is 0 Å². The normalized spacial score (nSPS) is 11.2. The van der Waals surface area contributed by atoms with E-state index in [0.29, 0.717) is 22.5 Å². The molecule has 4 aromatic rings. The highest BCUT2D eigenvalue weighted by Crippen LogP contribution is 2.35. The van der Waals surface area contributed by atoms with Crippen molar-refractivity contribution in [1.29, 1.82) is 5.26 Å². The maximum absolute atomic E-state index is 14.8. The standard InChI is InChI=1S/C25H18F4N6O/c1-14-23(15(2)35(34-14)18-7-6-16(11-30)19(10-18)25(27,28)29)17-9-20(26)22(32-12-17)13-33-24(36)21-5-3-4-8-31-21/h3-10,12H,13H2,1-2H3,(H,33,36). The Morgan fingerprint density at radius 1 is 1.14 bits per heavy atom. The van der Waals surface area contributed by atoms with Crippen LogP contribution in [0.25, 0.3) is 16.8 Å². The number of amides is 1. The van der Waals surface area contributed by atoms with Gasteiger partial charge in [-0.2, -0.15) is 23.5 Å². The molecule has 0 aliphatic rings. The van der Waals surface area contributed by atoms with Gasteiger partial charge in [-0.25, -0.2) is 9.07 Å². The summed E-state index contributed by atoms with van der Waals surface area (Å²) < 4.78 is 56.4. The fraction of sp³-hybridized carbons (Fsp3) is 0.160. The van der Waals surface area contributed by atoms with Gasteiger partial charge >= 0.3 is 6.18 Å². The number of nitrogens with one attached hydrogen (secondary N) is 1. The minimum absolute atomic E-state index is 0.00707. The molecule has 0 aliphatic carbocycles. The van der Waals surface area contributed by atoms with Gasteiger partial charge in [0.15, 0.2) is 0 Å². The van der Waals surface area contributed by atoms with Gasteiger partial charge in [0.05, 0.1) is 40.8 Å². The zero-order valence-electron chi connectivity index (χ0n) is 19.1. The van der Waals surface area contributed by atoms with Crippen LogP contribution in [0.5, 0.6) is 0 Å². The number of aromatic nitrogens is 4. The topological polar surface area (TPSA) is 96.5 Å². The molecule has 1 amide bonds. The lowest BCUT2D eigenvalue weighted by molar-refractivity contribution is -0.137. The van der Waals surface area contributed by atoms with E-state index >= 15 is 0 Å². The third kappa shape index (κ3) is 4.79. The molecule has 1 N–H and O–H groups in total. The lowest BCUT2D eigenvalue weighted by Gasteiger charge is -2.12. The van der Waals surface area contributed by atoms with Gasteiger partial charge in [0.2, 0.25) is 0 Å². The summed E-state index contributed by atoms with van der Waals surface area (Å²) in [6.07, 6.45) is -1.84. The summed E-state index contributed by atoms with van der Waals surface area (Å²) in [6.45, 7) is 3.12. The molecule has 0 saturated heterocycles. The number of hydrogen-bond acceptors (Lipinski definition) is 5. The molecule has 0 aliphatic heterocycles. The number of aryl methyl sites for hydroxylation is 1. The van der Waals surface area contributed by atoms with Crippen molar-refractivity contribution in [3.05, 3.63) is 94.6 Å². The fourth-order valence-electron chi connectivity index (χ4n) is 3.79. The molecule has 0 saturated carbocycles. The van der Waals surface area contributed by atoms with Gasteiger partial charge in [0.1, 0.15) is 11.5 Å². The SMILES string of the molecule is Cc1nn(-c2ccc(C#N)c(C(F)(F)F)c2)c(C)c1-c1cnc(CNC(=O)c2ccccn2)c(F)c1. The maximum Gasteiger partial charge on any atom is 0.417 e. The number of halogens is 4. The van der Waals surface area contributed by atoms with Crippen LogP contribution in [0.15, 0.2) is 54.9 Å². The van der Waals surface area contributed by atoms with E-state index in [2.05, 4.69) is 20.4 Å². The van der Waals surface area contributed by atoms with E-state index in [-0.39, 0.29) is 23.6 Å². The average Bonchev–Trinajstić information content (AvgIpc) is 3.16. The van der Waals surface area contributed by atoms with Crippen LogP contribution in [-0.4, -0.2) is 25.7 Å². The Hall–Kier alpha value is -4.59. The molecule has 36 heavy (non-hydrogen) atoms. The number of carbonyl (C=O) groups excluding carboxylic acids is 1. The first-order valence-electron chi connectivity index (χ1n) is 10.6. The second-order valence-electron chi connectivity index (χ2n) is 7.85. The molecule has 0 spiro atoms. The molecule has 4 rings (SSSR count). The Morgan fingerprint density at radius 3 is 2.56 bits per heavy atom. The molecule has 0 atom stereocenters. The van der Waals surface area contributed by atoms with Crippen LogP contribution in [0.1, 0.15) is 38.7 Å². The summed E-state index contributed by atoms with van der Waals surface area (Å²) in [6, 6.07) is 10.9. The molecule has 7 nitrogen and oxygen atoms in total. The molecule has 182 valence electrons. The number of hydrogen-bond donors (Lipinski definition) is 1. The molecule has 3 aromatic heterocycles. The predicted octanol–water partition coefficient (Wildman–Crippen LogP) is 4.91. The smallest absolute Gasteiger partial charge is 0.345 e. The van der Waals surface area contributed by atoms with E-state index in [1.807, 2.05) is 0 Å². The largest absolute Gasteiger partial charge is 0.417 e. The second-order valence-corrected chi connectivity index (χ2v) is 7.85. The Balaban J connectivity index is 1.62. The summed E-state index contributed by atoms with van der Waals surface area (Å²) in [5, 5.41) is 15.9. The molecule has 0 bridgehead atoms. The summed E-state index contributed by atoms with van der Waals surface area (Å²) in [5.41, 5.74) is 0.520. The number of pyridine rings is 2. The van der Waals surface area contributed by atoms with Crippen molar-refractivity contribution < 1.29 is 22.4 Å². The number of carbonyl (C=O) groups is 1. The number of nitriles is 1. The number of nitrogens with zero attached hydrogens (tertiary/aromatic N) is 5. The molecular formula is C25H18F4N6O. The predicted molar refractivity (Wildman–Crippen MR) is 121 cm³/mol. The monoisotopic (exact) mass is 494 g/mol. The minimum Gasteiger partial charge on any atom is -0.345 e. The van der Waals surface area contributed by atoms with Gasteiger partial charge in [-0.3, -0.25) is 14.8 Å². The van der Waals surface area contributed by atoms with E-state index in [1.165, 1.54) is 35.3 Å². The molecule has 3 heterocycles. The average molecular weight is 494 g/mol. The van der Waals surface area contributed by atoms with Crippen molar-refractivity contribution >= 4 is 5.91 Å². The van der Waals surface area contributed by atoms with Crippen LogP contribution >= 0.6 is 0 Å². The summed E-state index contributed by atoms with van der Waals surface area (Å²) in [4.78, 5) is 20.2. The Labute approximate surface area is 203 Å². The lowest BCUT2D eigenvalue weighted by atomic mass is 10.0. The van der Waals surface area contributed by atoms with Crippen LogP contribution < -0.4 is 5.32 Å². The third-order valence-corrected chi connectivity index (χ3v) is 5.48. The van der Waals surface area contributed by atoms with Crippen LogP contribution in [0, 0.1) is 31.0 Å². The van der Waals surface area contributed by atoms with Crippen LogP contribution in [0.2, 0.25) is 0 Å². The summed E-state index contributed by atoms with van der Waals surface area (Å²) in [7, 11) is 0. The van der Waals surface area contributed by atoms with E-state index in [4.69, 9.17) is 5.26 Å². The number of alkyl halides is 3. The van der Waals surface area contributed by atoms with Gasteiger partial charge in [-0.15, -0.1) is 0 Å². The zero-order valence-corrected chi connectivity index (χ0v) is 19.1. The first-order valence-corrected chi connectivity index (χ1v) is 10.6. The Kier molecular flexibility index (Phi) is 6.53. The van der Waals surface area contributed by atoms with Gasteiger partial charge in [0.25, 0.3) is 5.91 Å². The van der Waals surface area contributed by atoms with Crippen LogP contribution in [0.3, 0.4) is 0 Å². The molecule has 0 fully saturated rings. The highest BCUT2D eigenvalue weighted by atomic mass is 19.4. The lowest BCUT2D eigenvalue weighted by Crippen LogP contribution is -2.24. The quantitative estimate of drug-likeness (QED) is 0.398. The maximum atomic E-state index is 14.8. The fourth-order valence-corrected chi connectivity index (χ4v) is 3.79. The first-order chi connectivity index (χ1) is 17.1. The zero-order chi connectivity index (χ0) is 26.0. The molecule has 11 heteroatoms. The minimum atomic E-state index is -4.71. The highest BCUT2D eigenvalue weighted by molar-refractivity contribution is 5.92. The van der Waals surface area contributed by atoms with Crippen molar-refractivity contribution in [2.75, 3.05) is 0 Å². The summed E-state index contributed by atoms with van der Waals surface area (Å²) in [5.74, 6) is -1.15.